The van der Waals surface area contributed by atoms with Crippen molar-refractivity contribution in [2.24, 2.45) is 0 Å². The minimum Gasteiger partial charge on any atom is -0.457 e. The number of hydroxylamine groups is 2. The highest BCUT2D eigenvalue weighted by Gasteiger charge is 2.30. The van der Waals surface area contributed by atoms with Crippen LogP contribution in [-0.4, -0.2) is 53.3 Å². The molecule has 1 unspecified atom stereocenters. The van der Waals surface area contributed by atoms with Crippen molar-refractivity contribution < 1.29 is 32.1 Å². The zero-order chi connectivity index (χ0) is 23.7. The number of amides is 1. The maximum Gasteiger partial charge on any atom is 0.416 e. The van der Waals surface area contributed by atoms with E-state index in [4.69, 9.17) is 4.74 Å². The summed E-state index contributed by atoms with van der Waals surface area (Å²) in [6.07, 6.45) is -2.37. The predicted octanol–water partition coefficient (Wildman–Crippen LogP) is 3.82. The average Bonchev–Trinajstić information content (AvgIpc) is 2.74. The zero-order valence-electron chi connectivity index (χ0n) is 17.8. The van der Waals surface area contributed by atoms with Crippen molar-refractivity contribution in [3.05, 3.63) is 54.1 Å². The molecular formula is C21H26F3N3O4S. The molecule has 2 N–H and O–H groups in total. The van der Waals surface area contributed by atoms with Crippen molar-refractivity contribution in [2.75, 3.05) is 37.2 Å². The lowest BCUT2D eigenvalue weighted by atomic mass is 10.2. The van der Waals surface area contributed by atoms with Crippen molar-refractivity contribution in [1.82, 2.24) is 10.4 Å². The summed E-state index contributed by atoms with van der Waals surface area (Å²) in [6.45, 7) is 0.991. The van der Waals surface area contributed by atoms with E-state index in [1.165, 1.54) is 22.7 Å². The molecule has 0 aliphatic heterocycles. The molecule has 0 radical (unpaired) electrons. The first kappa shape index (κ1) is 25.6. The van der Waals surface area contributed by atoms with Crippen LogP contribution < -0.4 is 14.4 Å². The predicted molar refractivity (Wildman–Crippen MR) is 116 cm³/mol. The second-order valence-corrected chi connectivity index (χ2v) is 8.16. The molecule has 1 atom stereocenters. The smallest absolute Gasteiger partial charge is 0.416 e. The summed E-state index contributed by atoms with van der Waals surface area (Å²) in [5.41, 5.74) is -0.197. The maximum absolute atomic E-state index is 12.6. The molecule has 0 saturated heterocycles. The molecule has 0 heterocycles. The summed E-state index contributed by atoms with van der Waals surface area (Å²) in [7, 11) is 0.353. The van der Waals surface area contributed by atoms with Gasteiger partial charge < -0.3 is 10.1 Å². The molecule has 2 rings (SSSR count). The highest BCUT2D eigenvalue weighted by Crippen LogP contribution is 2.31. The van der Waals surface area contributed by atoms with Gasteiger partial charge in [0.05, 0.1) is 5.56 Å². The number of nitrogens with zero attached hydrogens (tertiary/aromatic N) is 2. The van der Waals surface area contributed by atoms with Gasteiger partial charge in [0.1, 0.15) is 22.5 Å². The number of carbonyl (C=O) groups is 1. The Kier molecular flexibility index (Phi) is 9.48. The fraction of sp³-hybridized carbons (Fsp3) is 0.381. The number of rotatable bonds is 11. The molecule has 0 saturated carbocycles. The van der Waals surface area contributed by atoms with Gasteiger partial charge in [-0.2, -0.15) is 13.2 Å². The van der Waals surface area contributed by atoms with E-state index < -0.39 is 28.6 Å². The van der Waals surface area contributed by atoms with Crippen LogP contribution in [0.1, 0.15) is 18.4 Å². The molecule has 11 heteroatoms. The molecule has 0 fully saturated rings. The second kappa shape index (κ2) is 11.8. The SMILES string of the molecule is CNCCCN(O)C(=O)CCN(c1ccc(Oc2ccc(C(F)(F)F)cc2)cc1)S(C)=O. The van der Waals surface area contributed by atoms with Gasteiger partial charge in [-0.1, -0.05) is 0 Å². The number of alkyl halides is 3. The van der Waals surface area contributed by atoms with Gasteiger partial charge in [0, 0.05) is 31.5 Å². The lowest BCUT2D eigenvalue weighted by Gasteiger charge is -2.23. The third kappa shape index (κ3) is 7.81. The Hall–Kier alpha value is -2.63. The van der Waals surface area contributed by atoms with Gasteiger partial charge in [-0.3, -0.25) is 14.3 Å². The molecule has 1 amide bonds. The second-order valence-electron chi connectivity index (χ2n) is 6.87. The Morgan fingerprint density at radius 1 is 1.06 bits per heavy atom. The Labute approximate surface area is 187 Å². The van der Waals surface area contributed by atoms with Gasteiger partial charge in [-0.25, -0.2) is 9.27 Å². The van der Waals surface area contributed by atoms with Crippen LogP contribution in [0.5, 0.6) is 11.5 Å². The van der Waals surface area contributed by atoms with E-state index in [0.29, 0.717) is 29.5 Å². The number of nitrogens with one attached hydrogen (secondary N) is 1. The van der Waals surface area contributed by atoms with E-state index in [2.05, 4.69) is 5.32 Å². The Balaban J connectivity index is 1.97. The molecule has 32 heavy (non-hydrogen) atoms. The van der Waals surface area contributed by atoms with Crippen LogP contribution in [0.2, 0.25) is 0 Å². The Morgan fingerprint density at radius 2 is 1.62 bits per heavy atom. The molecule has 176 valence electrons. The summed E-state index contributed by atoms with van der Waals surface area (Å²) in [4.78, 5) is 12.1. The number of benzene rings is 2. The topological polar surface area (TPSA) is 82.1 Å². The lowest BCUT2D eigenvalue weighted by Crippen LogP contribution is -2.34. The highest BCUT2D eigenvalue weighted by molar-refractivity contribution is 7.85. The molecular weight excluding hydrogens is 447 g/mol. The minimum atomic E-state index is -4.42. The highest BCUT2D eigenvalue weighted by atomic mass is 32.2. The number of halogens is 3. The first-order valence-electron chi connectivity index (χ1n) is 9.82. The standard InChI is InChI=1S/C21H26F3N3O4S/c1-25-13-3-14-26(29)20(28)12-15-27(32(2)30)17-6-10-19(11-7-17)31-18-8-4-16(5-9-18)21(22,23)24/h4-11,25,29H,3,12-15H2,1-2H3. The summed E-state index contributed by atoms with van der Waals surface area (Å²) in [6, 6.07) is 10.8. The maximum atomic E-state index is 12.6. The van der Waals surface area contributed by atoms with E-state index in [1.807, 2.05) is 0 Å². The van der Waals surface area contributed by atoms with E-state index in [9.17, 15) is 27.4 Å². The first-order chi connectivity index (χ1) is 15.1. The third-order valence-corrected chi connectivity index (χ3v) is 5.48. The van der Waals surface area contributed by atoms with Gasteiger partial charge in [0.2, 0.25) is 5.91 Å². The fourth-order valence-electron chi connectivity index (χ4n) is 2.79. The normalized spacial score (nSPS) is 12.3. The van der Waals surface area contributed by atoms with Crippen molar-refractivity contribution in [3.63, 3.8) is 0 Å². The quantitative estimate of drug-likeness (QED) is 0.295. The molecule has 0 aliphatic carbocycles. The summed E-state index contributed by atoms with van der Waals surface area (Å²) in [5, 5.41) is 13.4. The van der Waals surface area contributed by atoms with Crippen LogP contribution in [0.25, 0.3) is 0 Å². The van der Waals surface area contributed by atoms with Crippen LogP contribution in [0, 0.1) is 0 Å². The van der Waals surface area contributed by atoms with E-state index in [-0.39, 0.29) is 25.3 Å². The number of ether oxygens (including phenoxy) is 1. The molecule has 0 spiro atoms. The van der Waals surface area contributed by atoms with E-state index in [1.54, 1.807) is 31.3 Å². The molecule has 2 aromatic rings. The van der Waals surface area contributed by atoms with Crippen molar-refractivity contribution in [1.29, 1.82) is 0 Å². The monoisotopic (exact) mass is 473 g/mol. The lowest BCUT2D eigenvalue weighted by molar-refractivity contribution is -0.165. The molecule has 0 aromatic heterocycles. The largest absolute Gasteiger partial charge is 0.457 e. The fourth-order valence-corrected chi connectivity index (χ4v) is 3.56. The van der Waals surface area contributed by atoms with Gasteiger partial charge in [0.25, 0.3) is 0 Å². The summed E-state index contributed by atoms with van der Waals surface area (Å²) < 4.78 is 57.1. The number of hydrogen-bond acceptors (Lipinski definition) is 5. The van der Waals surface area contributed by atoms with Crippen LogP contribution in [0.3, 0.4) is 0 Å². The molecule has 7 nitrogen and oxygen atoms in total. The van der Waals surface area contributed by atoms with Crippen LogP contribution >= 0.6 is 0 Å². The molecule has 0 aliphatic rings. The first-order valence-corrected chi connectivity index (χ1v) is 11.3. The summed E-state index contributed by atoms with van der Waals surface area (Å²) >= 11 is 0. The van der Waals surface area contributed by atoms with Crippen molar-refractivity contribution >= 4 is 22.6 Å². The average molecular weight is 474 g/mol. The number of anilines is 1. The van der Waals surface area contributed by atoms with Crippen LogP contribution in [-0.2, 0) is 22.0 Å². The third-order valence-electron chi connectivity index (χ3n) is 4.47. The van der Waals surface area contributed by atoms with Crippen molar-refractivity contribution in [3.8, 4) is 11.5 Å². The molecule has 0 bridgehead atoms. The van der Waals surface area contributed by atoms with Crippen molar-refractivity contribution in [2.45, 2.75) is 19.0 Å². The molecule has 2 aromatic carbocycles. The Bertz CT molecular complexity index is 893. The van der Waals surface area contributed by atoms with Gasteiger partial charge in [-0.15, -0.1) is 0 Å². The van der Waals surface area contributed by atoms with Gasteiger partial charge >= 0.3 is 6.18 Å². The minimum absolute atomic E-state index is 0.0283. The van der Waals surface area contributed by atoms with Gasteiger partial charge in [-0.05, 0) is 68.5 Å². The van der Waals surface area contributed by atoms with E-state index >= 15 is 0 Å². The number of carbonyl (C=O) groups excluding carboxylic acids is 1. The van der Waals surface area contributed by atoms with E-state index in [0.717, 1.165) is 12.1 Å². The number of hydrogen-bond donors (Lipinski definition) is 2. The summed E-state index contributed by atoms with van der Waals surface area (Å²) in [5.74, 6) is 0.157. The Morgan fingerprint density at radius 3 is 2.12 bits per heavy atom. The zero-order valence-corrected chi connectivity index (χ0v) is 18.6. The van der Waals surface area contributed by atoms with Gasteiger partial charge in [0.15, 0.2) is 0 Å². The van der Waals surface area contributed by atoms with Crippen LogP contribution in [0.15, 0.2) is 48.5 Å². The van der Waals surface area contributed by atoms with Crippen LogP contribution in [0.4, 0.5) is 18.9 Å².